The Labute approximate surface area is 54.5 Å². The van der Waals surface area contributed by atoms with Crippen LogP contribution in [0.1, 0.15) is 6.92 Å². The molecule has 9 heavy (non-hydrogen) atoms. The van der Waals surface area contributed by atoms with Crippen molar-refractivity contribution in [2.45, 2.75) is 6.92 Å². The number of rotatable bonds is 0. The normalized spacial score (nSPS) is 16.3. The van der Waals surface area contributed by atoms with Gasteiger partial charge in [0.15, 0.2) is 0 Å². The third-order valence-electron chi connectivity index (χ3n) is 1.30. The fourth-order valence-corrected chi connectivity index (χ4v) is 0.741. The first-order chi connectivity index (χ1) is 4.30. The SMILES string of the molecule is CC(=O)N1CC=C=CC1. The Balaban J connectivity index is 2.52. The molecule has 0 aromatic heterocycles. The van der Waals surface area contributed by atoms with Crippen LogP contribution in [-0.4, -0.2) is 23.9 Å². The van der Waals surface area contributed by atoms with Crippen LogP contribution in [0.4, 0.5) is 0 Å². The first-order valence-electron chi connectivity index (χ1n) is 2.95. The fourth-order valence-electron chi connectivity index (χ4n) is 0.741. The third kappa shape index (κ3) is 1.44. The maximum Gasteiger partial charge on any atom is 0.220 e. The van der Waals surface area contributed by atoms with Crippen LogP contribution in [0.3, 0.4) is 0 Å². The molecule has 48 valence electrons. The van der Waals surface area contributed by atoms with E-state index in [0.717, 1.165) is 0 Å². The highest BCUT2D eigenvalue weighted by molar-refractivity contribution is 5.73. The standard InChI is InChI=1S/C7H9NO/c1-7(9)8-5-3-2-4-6-8/h3-4H,5-6H2,1H3. The summed E-state index contributed by atoms with van der Waals surface area (Å²) in [5.74, 6) is 0.129. The highest BCUT2D eigenvalue weighted by Crippen LogP contribution is 1.93. The van der Waals surface area contributed by atoms with Crippen molar-refractivity contribution < 1.29 is 4.79 Å². The van der Waals surface area contributed by atoms with Gasteiger partial charge in [-0.25, -0.2) is 0 Å². The Hall–Kier alpha value is -1.01. The summed E-state index contributed by atoms with van der Waals surface area (Å²) in [5.41, 5.74) is 2.93. The third-order valence-corrected chi connectivity index (χ3v) is 1.30. The molecule has 0 aliphatic carbocycles. The molecule has 0 atom stereocenters. The molecule has 0 aromatic rings. The monoisotopic (exact) mass is 123 g/mol. The van der Waals surface area contributed by atoms with Gasteiger partial charge in [-0.2, -0.15) is 0 Å². The molecule has 0 aromatic carbocycles. The number of hydrogen-bond donors (Lipinski definition) is 0. The molecule has 0 radical (unpaired) electrons. The molecule has 0 unspecified atom stereocenters. The lowest BCUT2D eigenvalue weighted by molar-refractivity contribution is -0.127. The van der Waals surface area contributed by atoms with Crippen molar-refractivity contribution in [1.82, 2.24) is 4.90 Å². The number of hydrogen-bond acceptors (Lipinski definition) is 1. The van der Waals surface area contributed by atoms with Gasteiger partial charge in [0.1, 0.15) is 0 Å². The molecule has 0 N–H and O–H groups in total. The zero-order valence-electron chi connectivity index (χ0n) is 5.42. The van der Waals surface area contributed by atoms with Crippen LogP contribution in [0.2, 0.25) is 0 Å². The summed E-state index contributed by atoms with van der Waals surface area (Å²) in [4.78, 5) is 12.4. The minimum Gasteiger partial charge on any atom is -0.334 e. The van der Waals surface area contributed by atoms with Gasteiger partial charge in [0.25, 0.3) is 0 Å². The summed E-state index contributed by atoms with van der Waals surface area (Å²) >= 11 is 0. The van der Waals surface area contributed by atoms with Gasteiger partial charge in [0, 0.05) is 20.0 Å². The first-order valence-corrected chi connectivity index (χ1v) is 2.95. The quantitative estimate of drug-likeness (QED) is 0.431. The molecule has 2 nitrogen and oxygen atoms in total. The molecule has 0 fully saturated rings. The summed E-state index contributed by atoms with van der Waals surface area (Å²) in [6.07, 6.45) is 3.70. The second kappa shape index (κ2) is 2.51. The molecule has 0 saturated heterocycles. The predicted octanol–water partition coefficient (Wildman–Crippen LogP) is 0.560. The van der Waals surface area contributed by atoms with E-state index in [0.29, 0.717) is 13.1 Å². The largest absolute Gasteiger partial charge is 0.334 e. The van der Waals surface area contributed by atoms with E-state index < -0.39 is 0 Å². The van der Waals surface area contributed by atoms with Gasteiger partial charge in [-0.1, -0.05) is 0 Å². The van der Waals surface area contributed by atoms with Gasteiger partial charge in [0.2, 0.25) is 5.91 Å². The molecular weight excluding hydrogens is 114 g/mol. The average molecular weight is 123 g/mol. The molecule has 1 amide bonds. The van der Waals surface area contributed by atoms with E-state index in [2.05, 4.69) is 5.73 Å². The Bertz CT molecular complexity index is 167. The number of carbonyl (C=O) groups is 1. The van der Waals surface area contributed by atoms with E-state index in [4.69, 9.17) is 0 Å². The van der Waals surface area contributed by atoms with Gasteiger partial charge in [0.05, 0.1) is 0 Å². The number of nitrogens with zero attached hydrogens (tertiary/aromatic N) is 1. The van der Waals surface area contributed by atoms with Crippen LogP contribution in [0, 0.1) is 0 Å². The van der Waals surface area contributed by atoms with E-state index in [1.165, 1.54) is 0 Å². The lowest BCUT2D eigenvalue weighted by Crippen LogP contribution is -2.29. The van der Waals surface area contributed by atoms with Crippen molar-refractivity contribution in [3.05, 3.63) is 17.9 Å². The van der Waals surface area contributed by atoms with Gasteiger partial charge in [-0.3, -0.25) is 4.79 Å². The summed E-state index contributed by atoms with van der Waals surface area (Å²) < 4.78 is 0. The van der Waals surface area contributed by atoms with E-state index in [1.807, 2.05) is 12.2 Å². The summed E-state index contributed by atoms with van der Waals surface area (Å²) in [7, 11) is 0. The minimum atomic E-state index is 0.129. The fraction of sp³-hybridized carbons (Fsp3) is 0.429. The second-order valence-electron chi connectivity index (χ2n) is 2.00. The van der Waals surface area contributed by atoms with Crippen LogP contribution in [0.25, 0.3) is 0 Å². The Morgan fingerprint density at radius 1 is 1.56 bits per heavy atom. The molecule has 1 heterocycles. The van der Waals surface area contributed by atoms with Crippen molar-refractivity contribution in [3.63, 3.8) is 0 Å². The van der Waals surface area contributed by atoms with E-state index in [9.17, 15) is 4.79 Å². The zero-order chi connectivity index (χ0) is 6.69. The van der Waals surface area contributed by atoms with Crippen LogP contribution in [0.15, 0.2) is 17.9 Å². The number of amides is 1. The first kappa shape index (κ1) is 6.12. The van der Waals surface area contributed by atoms with Crippen LogP contribution in [-0.2, 0) is 4.79 Å². The minimum absolute atomic E-state index is 0.129. The van der Waals surface area contributed by atoms with E-state index >= 15 is 0 Å². The summed E-state index contributed by atoms with van der Waals surface area (Å²) in [6, 6.07) is 0. The van der Waals surface area contributed by atoms with Crippen LogP contribution in [0.5, 0.6) is 0 Å². The highest BCUT2D eigenvalue weighted by atomic mass is 16.2. The van der Waals surface area contributed by atoms with Crippen molar-refractivity contribution >= 4 is 5.91 Å². The van der Waals surface area contributed by atoms with Gasteiger partial charge in [-0.05, 0) is 12.2 Å². The number of carbonyl (C=O) groups excluding carboxylic acids is 1. The summed E-state index contributed by atoms with van der Waals surface area (Å²) in [5, 5.41) is 0. The van der Waals surface area contributed by atoms with Crippen molar-refractivity contribution in [1.29, 1.82) is 0 Å². The summed E-state index contributed by atoms with van der Waals surface area (Å²) in [6.45, 7) is 3.00. The molecule has 1 rings (SSSR count). The molecule has 1 aliphatic heterocycles. The Kier molecular flexibility index (Phi) is 1.71. The molecule has 0 spiro atoms. The van der Waals surface area contributed by atoms with Gasteiger partial charge < -0.3 is 4.90 Å². The maximum atomic E-state index is 10.7. The van der Waals surface area contributed by atoms with Crippen molar-refractivity contribution in [3.8, 4) is 0 Å². The molecule has 2 heteroatoms. The lowest BCUT2D eigenvalue weighted by Gasteiger charge is -2.17. The molecule has 0 bridgehead atoms. The van der Waals surface area contributed by atoms with Crippen molar-refractivity contribution in [2.75, 3.05) is 13.1 Å². The lowest BCUT2D eigenvalue weighted by atomic mass is 10.3. The second-order valence-corrected chi connectivity index (χ2v) is 2.00. The topological polar surface area (TPSA) is 20.3 Å². The maximum absolute atomic E-state index is 10.7. The van der Waals surface area contributed by atoms with Gasteiger partial charge >= 0.3 is 0 Å². The molecule has 1 aliphatic rings. The van der Waals surface area contributed by atoms with Crippen LogP contribution >= 0.6 is 0 Å². The Morgan fingerprint density at radius 2 is 2.11 bits per heavy atom. The van der Waals surface area contributed by atoms with Crippen LogP contribution < -0.4 is 0 Å². The Morgan fingerprint density at radius 3 is 2.44 bits per heavy atom. The average Bonchev–Trinajstić information content (AvgIpc) is 1.90. The van der Waals surface area contributed by atoms with Gasteiger partial charge in [-0.15, -0.1) is 5.73 Å². The zero-order valence-corrected chi connectivity index (χ0v) is 5.42. The van der Waals surface area contributed by atoms with E-state index in [1.54, 1.807) is 11.8 Å². The molecular formula is C7H9NO. The highest BCUT2D eigenvalue weighted by Gasteiger charge is 2.04. The smallest absolute Gasteiger partial charge is 0.220 e. The predicted molar refractivity (Wildman–Crippen MR) is 34.9 cm³/mol. The van der Waals surface area contributed by atoms with E-state index in [-0.39, 0.29) is 5.91 Å². The molecule has 0 saturated carbocycles. The van der Waals surface area contributed by atoms with Crippen molar-refractivity contribution in [2.24, 2.45) is 0 Å².